The van der Waals surface area contributed by atoms with Gasteiger partial charge in [-0.05, 0) is 6.42 Å². The van der Waals surface area contributed by atoms with E-state index < -0.39 is 0 Å². The minimum Gasteiger partial charge on any atom is -0.465 e. The molecular formula is C12H21N3O2S. The molecule has 0 amide bonds. The molecule has 0 atom stereocenters. The van der Waals surface area contributed by atoms with E-state index in [9.17, 15) is 4.79 Å². The number of aromatic amines is 1. The summed E-state index contributed by atoms with van der Waals surface area (Å²) in [6.07, 6.45) is 8.60. The summed E-state index contributed by atoms with van der Waals surface area (Å²) in [5, 5.41) is 7.03. The fourth-order valence-corrected chi connectivity index (χ4v) is 2.08. The van der Waals surface area contributed by atoms with Gasteiger partial charge in [0.2, 0.25) is 0 Å². The van der Waals surface area contributed by atoms with Gasteiger partial charge < -0.3 is 4.74 Å². The highest BCUT2D eigenvalue weighted by atomic mass is 32.2. The summed E-state index contributed by atoms with van der Waals surface area (Å²) >= 11 is 1.31. The lowest BCUT2D eigenvalue weighted by Gasteiger charge is -2.03. The molecule has 0 aliphatic carbocycles. The molecule has 0 saturated carbocycles. The molecule has 18 heavy (non-hydrogen) atoms. The molecule has 0 spiro atoms. The van der Waals surface area contributed by atoms with Crippen LogP contribution in [0.4, 0.5) is 0 Å². The lowest BCUT2D eigenvalue weighted by atomic mass is 10.1. The molecule has 0 bridgehead atoms. The third-order valence-electron chi connectivity index (χ3n) is 2.48. The molecule has 1 aromatic rings. The van der Waals surface area contributed by atoms with Gasteiger partial charge >= 0.3 is 5.97 Å². The highest BCUT2D eigenvalue weighted by Crippen LogP contribution is 2.11. The van der Waals surface area contributed by atoms with Gasteiger partial charge in [0.15, 0.2) is 5.16 Å². The van der Waals surface area contributed by atoms with Gasteiger partial charge in [0.1, 0.15) is 6.33 Å². The molecule has 0 aromatic carbocycles. The van der Waals surface area contributed by atoms with Crippen LogP contribution in [0.15, 0.2) is 11.5 Å². The molecule has 0 unspecified atom stereocenters. The van der Waals surface area contributed by atoms with Crippen molar-refractivity contribution in [3.63, 3.8) is 0 Å². The average molecular weight is 271 g/mol. The van der Waals surface area contributed by atoms with E-state index in [0.29, 0.717) is 11.8 Å². The first-order valence-electron chi connectivity index (χ1n) is 6.46. The summed E-state index contributed by atoms with van der Waals surface area (Å²) in [6, 6.07) is 0. The normalized spacial score (nSPS) is 10.5. The first-order chi connectivity index (χ1) is 8.83. The monoisotopic (exact) mass is 271 g/mol. The predicted octanol–water partition coefficient (Wildman–Crippen LogP) is 2.80. The van der Waals surface area contributed by atoms with Gasteiger partial charge in [-0.3, -0.25) is 9.89 Å². The van der Waals surface area contributed by atoms with Crippen molar-refractivity contribution in [1.29, 1.82) is 0 Å². The van der Waals surface area contributed by atoms with Crippen molar-refractivity contribution < 1.29 is 9.53 Å². The highest BCUT2D eigenvalue weighted by Gasteiger charge is 2.05. The Balaban J connectivity index is 1.90. The minimum absolute atomic E-state index is 0.190. The largest absolute Gasteiger partial charge is 0.465 e. The molecule has 6 heteroatoms. The number of nitrogens with zero attached hydrogens (tertiary/aromatic N) is 2. The molecular weight excluding hydrogens is 250 g/mol. The maximum atomic E-state index is 11.4. The van der Waals surface area contributed by atoms with Crippen molar-refractivity contribution in [3.05, 3.63) is 6.33 Å². The SMILES string of the molecule is CCCCCCCCOC(=O)CSc1ncn[nH]1. The van der Waals surface area contributed by atoms with E-state index >= 15 is 0 Å². The quantitative estimate of drug-likeness (QED) is 0.402. The van der Waals surface area contributed by atoms with Crippen LogP contribution in [0.5, 0.6) is 0 Å². The Kier molecular flexibility index (Phi) is 8.29. The van der Waals surface area contributed by atoms with Crippen LogP contribution in [0, 0.1) is 0 Å². The Hall–Kier alpha value is -1.04. The van der Waals surface area contributed by atoms with E-state index in [1.54, 1.807) is 0 Å². The summed E-state index contributed by atoms with van der Waals surface area (Å²) < 4.78 is 5.13. The van der Waals surface area contributed by atoms with Gasteiger partial charge in [0, 0.05) is 0 Å². The van der Waals surface area contributed by atoms with Gasteiger partial charge in [0.25, 0.3) is 0 Å². The van der Waals surface area contributed by atoms with Crippen LogP contribution in [-0.4, -0.2) is 33.5 Å². The second kappa shape index (κ2) is 9.94. The number of carbonyl (C=O) groups is 1. The number of H-pyrrole nitrogens is 1. The third kappa shape index (κ3) is 7.32. The summed E-state index contributed by atoms with van der Waals surface area (Å²) in [4.78, 5) is 15.3. The number of hydrogen-bond donors (Lipinski definition) is 1. The number of nitrogens with one attached hydrogen (secondary N) is 1. The number of carbonyl (C=O) groups excluding carboxylic acids is 1. The number of esters is 1. The molecule has 0 aliphatic heterocycles. The maximum absolute atomic E-state index is 11.4. The van der Waals surface area contributed by atoms with Crippen LogP contribution >= 0.6 is 11.8 Å². The number of aromatic nitrogens is 3. The molecule has 1 aromatic heterocycles. The van der Waals surface area contributed by atoms with Gasteiger partial charge in [-0.1, -0.05) is 50.8 Å². The zero-order valence-corrected chi connectivity index (χ0v) is 11.7. The van der Waals surface area contributed by atoms with Crippen molar-refractivity contribution in [2.75, 3.05) is 12.4 Å². The number of ether oxygens (including phenoxy) is 1. The maximum Gasteiger partial charge on any atom is 0.316 e. The predicted molar refractivity (Wildman–Crippen MR) is 71.4 cm³/mol. The second-order valence-corrected chi connectivity index (χ2v) is 5.03. The minimum atomic E-state index is -0.190. The van der Waals surface area contributed by atoms with Crippen LogP contribution in [0.1, 0.15) is 45.4 Å². The van der Waals surface area contributed by atoms with Crippen molar-refractivity contribution in [1.82, 2.24) is 15.2 Å². The molecule has 0 saturated heterocycles. The fourth-order valence-electron chi connectivity index (χ4n) is 1.50. The van der Waals surface area contributed by atoms with Crippen LogP contribution in [0.3, 0.4) is 0 Å². The summed E-state index contributed by atoms with van der Waals surface area (Å²) in [7, 11) is 0. The lowest BCUT2D eigenvalue weighted by molar-refractivity contribution is -0.140. The Morgan fingerprint density at radius 3 is 2.83 bits per heavy atom. The van der Waals surface area contributed by atoms with Crippen LogP contribution in [0.2, 0.25) is 0 Å². The second-order valence-electron chi connectivity index (χ2n) is 4.07. The Labute approximate surface area is 112 Å². The van der Waals surface area contributed by atoms with E-state index in [4.69, 9.17) is 4.74 Å². The number of rotatable bonds is 10. The van der Waals surface area contributed by atoms with Gasteiger partial charge in [-0.25, -0.2) is 4.98 Å². The van der Waals surface area contributed by atoms with Crippen molar-refractivity contribution >= 4 is 17.7 Å². The molecule has 102 valence electrons. The molecule has 5 nitrogen and oxygen atoms in total. The van der Waals surface area contributed by atoms with Gasteiger partial charge in [-0.15, -0.1) is 0 Å². The van der Waals surface area contributed by atoms with E-state index in [1.165, 1.54) is 43.8 Å². The van der Waals surface area contributed by atoms with Crippen molar-refractivity contribution in [2.45, 2.75) is 50.6 Å². The molecule has 1 N–H and O–H groups in total. The van der Waals surface area contributed by atoms with Crippen LogP contribution in [-0.2, 0) is 9.53 Å². The summed E-state index contributed by atoms with van der Waals surface area (Å²) in [5.41, 5.74) is 0. The number of hydrogen-bond acceptors (Lipinski definition) is 5. The Morgan fingerprint density at radius 1 is 1.33 bits per heavy atom. The smallest absolute Gasteiger partial charge is 0.316 e. The first-order valence-corrected chi connectivity index (χ1v) is 7.45. The number of unbranched alkanes of at least 4 members (excludes halogenated alkanes) is 5. The molecule has 0 radical (unpaired) electrons. The summed E-state index contributed by atoms with van der Waals surface area (Å²) in [6.45, 7) is 2.73. The number of thioether (sulfide) groups is 1. The van der Waals surface area contributed by atoms with Gasteiger partial charge in [-0.2, -0.15) is 5.10 Å². The topological polar surface area (TPSA) is 67.9 Å². The third-order valence-corrected chi connectivity index (χ3v) is 3.33. The Morgan fingerprint density at radius 2 is 2.11 bits per heavy atom. The van der Waals surface area contributed by atoms with E-state index in [0.717, 1.165) is 12.8 Å². The zero-order valence-electron chi connectivity index (χ0n) is 10.9. The van der Waals surface area contributed by atoms with Crippen LogP contribution < -0.4 is 0 Å². The molecule has 0 aliphatic rings. The standard InChI is InChI=1S/C12H21N3O2S/c1-2-3-4-5-6-7-8-17-11(16)9-18-12-13-10-14-15-12/h10H,2-9H2,1H3,(H,13,14,15). The van der Waals surface area contributed by atoms with Crippen LogP contribution in [0.25, 0.3) is 0 Å². The summed E-state index contributed by atoms with van der Waals surface area (Å²) in [5.74, 6) is 0.0929. The van der Waals surface area contributed by atoms with Crippen molar-refractivity contribution in [3.8, 4) is 0 Å². The zero-order chi connectivity index (χ0) is 13.1. The fraction of sp³-hybridized carbons (Fsp3) is 0.750. The van der Waals surface area contributed by atoms with E-state index in [2.05, 4.69) is 22.1 Å². The lowest BCUT2D eigenvalue weighted by Crippen LogP contribution is -2.08. The first kappa shape index (κ1) is 15.0. The molecule has 0 fully saturated rings. The molecule has 1 heterocycles. The average Bonchev–Trinajstić information content (AvgIpc) is 2.88. The van der Waals surface area contributed by atoms with E-state index in [-0.39, 0.29) is 11.7 Å². The molecule has 1 rings (SSSR count). The van der Waals surface area contributed by atoms with Crippen molar-refractivity contribution in [2.24, 2.45) is 0 Å². The highest BCUT2D eigenvalue weighted by molar-refractivity contribution is 7.99. The van der Waals surface area contributed by atoms with E-state index in [1.807, 2.05) is 0 Å². The Bertz CT molecular complexity index is 317. The van der Waals surface area contributed by atoms with Gasteiger partial charge in [0.05, 0.1) is 12.4 Å².